The highest BCUT2D eigenvalue weighted by Gasteiger charge is 2.14. The van der Waals surface area contributed by atoms with Crippen molar-refractivity contribution in [2.45, 2.75) is 66.4 Å². The summed E-state index contributed by atoms with van der Waals surface area (Å²) in [5.74, 6) is 1.08. The third-order valence-corrected chi connectivity index (χ3v) is 4.20. The molecule has 1 aromatic heterocycles. The van der Waals surface area contributed by atoms with Crippen LogP contribution in [0.4, 0.5) is 4.39 Å². The summed E-state index contributed by atoms with van der Waals surface area (Å²) in [6.45, 7) is 9.77. The number of allylic oxidation sites excluding steroid dienone is 6. The Morgan fingerprint density at radius 2 is 1.94 bits per heavy atom. The molecule has 0 aliphatic heterocycles. The number of ether oxygens (including phenoxy) is 1. The average Bonchev–Trinajstić information content (AvgIpc) is 3.20. The number of aromatic nitrogens is 3. The summed E-state index contributed by atoms with van der Waals surface area (Å²) in [5.41, 5.74) is 1.87. The minimum absolute atomic E-state index is 0.220. The SMILES string of the molecule is CCCC(OC(=O)CC)c1ccc(F)cc1.C\C=C/C(=C\C=C\CC)c1n[nH]c(C)n1. The van der Waals surface area contributed by atoms with Crippen molar-refractivity contribution in [2.24, 2.45) is 0 Å². The number of halogens is 1. The summed E-state index contributed by atoms with van der Waals surface area (Å²) < 4.78 is 18.1. The van der Waals surface area contributed by atoms with Crippen molar-refractivity contribution in [3.8, 4) is 0 Å². The van der Waals surface area contributed by atoms with Crippen LogP contribution in [-0.2, 0) is 9.53 Å². The van der Waals surface area contributed by atoms with Gasteiger partial charge in [0.15, 0.2) is 5.82 Å². The van der Waals surface area contributed by atoms with Gasteiger partial charge in [-0.25, -0.2) is 9.37 Å². The first-order valence-corrected chi connectivity index (χ1v) is 10.8. The molecule has 0 saturated heterocycles. The number of aromatic amines is 1. The average molecular weight is 428 g/mol. The number of nitrogens with zero attached hydrogens (tertiary/aromatic N) is 2. The van der Waals surface area contributed by atoms with Gasteiger partial charge >= 0.3 is 5.97 Å². The lowest BCUT2D eigenvalue weighted by molar-refractivity contribution is -0.149. The smallest absolute Gasteiger partial charge is 0.306 e. The topological polar surface area (TPSA) is 67.9 Å². The minimum Gasteiger partial charge on any atom is -0.457 e. The zero-order valence-corrected chi connectivity index (χ0v) is 19.2. The maximum absolute atomic E-state index is 12.8. The Bertz CT molecular complexity index is 867. The Morgan fingerprint density at radius 3 is 2.45 bits per heavy atom. The first-order valence-electron chi connectivity index (χ1n) is 10.8. The number of hydrogen-bond donors (Lipinski definition) is 1. The lowest BCUT2D eigenvalue weighted by Gasteiger charge is -2.17. The Kier molecular flexibility index (Phi) is 12.5. The molecule has 2 rings (SSSR count). The predicted octanol–water partition coefficient (Wildman–Crippen LogP) is 6.66. The molecule has 1 aromatic carbocycles. The number of aryl methyl sites for hydroxylation is 1. The third kappa shape index (κ3) is 10.0. The quantitative estimate of drug-likeness (QED) is 0.359. The number of nitrogens with one attached hydrogen (secondary N) is 1. The Hall–Kier alpha value is -3.02. The molecule has 0 aliphatic carbocycles. The van der Waals surface area contributed by atoms with Crippen LogP contribution >= 0.6 is 0 Å². The second-order valence-electron chi connectivity index (χ2n) is 6.88. The molecule has 6 heteroatoms. The highest BCUT2D eigenvalue weighted by molar-refractivity contribution is 5.70. The number of carbonyl (C=O) groups excluding carboxylic acids is 1. The molecular weight excluding hydrogens is 393 g/mol. The molecule has 1 heterocycles. The summed E-state index contributed by atoms with van der Waals surface area (Å²) in [6, 6.07) is 6.10. The molecule has 0 fully saturated rings. The van der Waals surface area contributed by atoms with Crippen molar-refractivity contribution in [2.75, 3.05) is 0 Å². The van der Waals surface area contributed by atoms with Gasteiger partial charge in [0.05, 0.1) is 0 Å². The first-order chi connectivity index (χ1) is 14.9. The Labute approximate surface area is 185 Å². The van der Waals surface area contributed by atoms with Gasteiger partial charge in [0.25, 0.3) is 0 Å². The van der Waals surface area contributed by atoms with Crippen LogP contribution in [0.3, 0.4) is 0 Å². The lowest BCUT2D eigenvalue weighted by Crippen LogP contribution is -2.10. The monoisotopic (exact) mass is 427 g/mol. The van der Waals surface area contributed by atoms with E-state index in [1.807, 2.05) is 45.1 Å². The number of carbonyl (C=O) groups is 1. The maximum Gasteiger partial charge on any atom is 0.306 e. The molecule has 0 amide bonds. The molecule has 0 saturated carbocycles. The van der Waals surface area contributed by atoms with Crippen LogP contribution in [0.1, 0.15) is 76.7 Å². The number of benzene rings is 1. The van der Waals surface area contributed by atoms with Gasteiger partial charge in [-0.05, 0) is 44.4 Å². The molecule has 168 valence electrons. The fourth-order valence-electron chi connectivity index (χ4n) is 2.64. The molecular formula is C25H34FN3O2. The zero-order valence-electron chi connectivity index (χ0n) is 19.2. The van der Waals surface area contributed by atoms with Crippen molar-refractivity contribution in [1.29, 1.82) is 0 Å². The largest absolute Gasteiger partial charge is 0.457 e. The molecule has 5 nitrogen and oxygen atoms in total. The van der Waals surface area contributed by atoms with Crippen molar-refractivity contribution < 1.29 is 13.9 Å². The van der Waals surface area contributed by atoms with Crippen LogP contribution in [-0.4, -0.2) is 21.2 Å². The van der Waals surface area contributed by atoms with Gasteiger partial charge in [0, 0.05) is 12.0 Å². The first kappa shape index (κ1) is 26.0. The maximum atomic E-state index is 12.8. The number of hydrogen-bond acceptors (Lipinski definition) is 4. The lowest BCUT2D eigenvalue weighted by atomic mass is 10.1. The highest BCUT2D eigenvalue weighted by atomic mass is 19.1. The molecule has 0 aliphatic rings. The summed E-state index contributed by atoms with van der Waals surface area (Å²) in [5, 5.41) is 6.96. The van der Waals surface area contributed by atoms with E-state index in [1.54, 1.807) is 19.1 Å². The van der Waals surface area contributed by atoms with E-state index in [4.69, 9.17) is 4.74 Å². The van der Waals surface area contributed by atoms with Gasteiger partial charge < -0.3 is 4.74 Å². The van der Waals surface area contributed by atoms with Crippen molar-refractivity contribution in [1.82, 2.24) is 15.2 Å². The van der Waals surface area contributed by atoms with Crippen molar-refractivity contribution in [3.05, 3.63) is 77.7 Å². The number of esters is 1. The highest BCUT2D eigenvalue weighted by Crippen LogP contribution is 2.23. The number of rotatable bonds is 9. The van der Waals surface area contributed by atoms with E-state index < -0.39 is 0 Å². The fraction of sp³-hybridized carbons (Fsp3) is 0.400. The van der Waals surface area contributed by atoms with Crippen LogP contribution in [0.2, 0.25) is 0 Å². The molecule has 0 bridgehead atoms. The van der Waals surface area contributed by atoms with Crippen molar-refractivity contribution >= 4 is 11.5 Å². The van der Waals surface area contributed by atoms with Gasteiger partial charge in [0.1, 0.15) is 17.7 Å². The van der Waals surface area contributed by atoms with E-state index in [0.717, 1.165) is 42.0 Å². The van der Waals surface area contributed by atoms with Gasteiger partial charge in [-0.2, -0.15) is 5.10 Å². The molecule has 1 unspecified atom stereocenters. The van der Waals surface area contributed by atoms with Gasteiger partial charge in [-0.1, -0.05) is 69.7 Å². The van der Waals surface area contributed by atoms with Crippen molar-refractivity contribution in [3.63, 3.8) is 0 Å². The van der Waals surface area contributed by atoms with E-state index in [0.29, 0.717) is 6.42 Å². The molecule has 1 N–H and O–H groups in total. The molecule has 2 aromatic rings. The van der Waals surface area contributed by atoms with Gasteiger partial charge in [-0.15, -0.1) is 0 Å². The normalized spacial score (nSPS) is 12.6. The summed E-state index contributed by atoms with van der Waals surface area (Å²) in [7, 11) is 0. The van der Waals surface area contributed by atoms with E-state index in [9.17, 15) is 9.18 Å². The van der Waals surface area contributed by atoms with E-state index in [1.165, 1.54) is 12.1 Å². The standard InChI is InChI=1S/C13H17FO2.C12H17N3/c1-3-5-12(16-13(15)4-2)10-6-8-11(14)9-7-10;1-4-6-7-9-11(8-5-2)12-13-10(3)14-15-12/h6-9,12H,3-5H2,1-2H3;5-9H,4H2,1-3H3,(H,13,14,15)/b;7-6+,8-5-,11-9+. The third-order valence-electron chi connectivity index (χ3n) is 4.20. The number of H-pyrrole nitrogens is 1. The molecule has 0 spiro atoms. The van der Waals surface area contributed by atoms with Crippen LogP contribution in [0.15, 0.2) is 54.6 Å². The van der Waals surface area contributed by atoms with E-state index >= 15 is 0 Å². The Balaban J connectivity index is 0.000000311. The van der Waals surface area contributed by atoms with Gasteiger partial charge in [0.2, 0.25) is 0 Å². The van der Waals surface area contributed by atoms with E-state index in [-0.39, 0.29) is 17.9 Å². The minimum atomic E-state index is -0.277. The summed E-state index contributed by atoms with van der Waals surface area (Å²) >= 11 is 0. The van der Waals surface area contributed by atoms with E-state index in [2.05, 4.69) is 28.2 Å². The zero-order chi connectivity index (χ0) is 23.1. The molecule has 0 radical (unpaired) electrons. The second kappa shape index (κ2) is 14.9. The Morgan fingerprint density at radius 1 is 1.23 bits per heavy atom. The summed E-state index contributed by atoms with van der Waals surface area (Å²) in [4.78, 5) is 15.5. The second-order valence-corrected chi connectivity index (χ2v) is 6.88. The molecule has 31 heavy (non-hydrogen) atoms. The van der Waals surface area contributed by atoms with Crippen LogP contribution in [0, 0.1) is 12.7 Å². The van der Waals surface area contributed by atoms with Crippen LogP contribution < -0.4 is 0 Å². The predicted molar refractivity (Wildman–Crippen MR) is 124 cm³/mol. The fourth-order valence-corrected chi connectivity index (χ4v) is 2.64. The molecule has 1 atom stereocenters. The van der Waals surface area contributed by atoms with Crippen LogP contribution in [0.25, 0.3) is 5.57 Å². The van der Waals surface area contributed by atoms with Gasteiger partial charge in [-0.3, -0.25) is 9.89 Å². The summed E-state index contributed by atoms with van der Waals surface area (Å²) in [6.07, 6.45) is 13.0. The van der Waals surface area contributed by atoms with Crippen LogP contribution in [0.5, 0.6) is 0 Å².